The second kappa shape index (κ2) is 5.85. The highest BCUT2D eigenvalue weighted by Gasteiger charge is 2.29. The Morgan fingerprint density at radius 3 is 2.18 bits per heavy atom. The van der Waals surface area contributed by atoms with Crippen molar-refractivity contribution in [2.24, 2.45) is 5.92 Å². The zero-order chi connectivity index (χ0) is 12.3. The van der Waals surface area contributed by atoms with E-state index in [0.29, 0.717) is 11.8 Å². The fraction of sp³-hybridized carbons (Fsp3) is 0.857. The van der Waals surface area contributed by atoms with Gasteiger partial charge in [0.25, 0.3) is 0 Å². The van der Waals surface area contributed by atoms with Gasteiger partial charge in [0.1, 0.15) is 0 Å². The average Bonchev–Trinajstić information content (AvgIpc) is 2.82. The van der Waals surface area contributed by atoms with Crippen LogP contribution in [0, 0.1) is 11.8 Å². The molecule has 1 radical (unpaired) electrons. The molecular formula is C14H25N2O. The van der Waals surface area contributed by atoms with E-state index in [-0.39, 0.29) is 0 Å². The Labute approximate surface area is 105 Å². The number of hydrogen-bond acceptors (Lipinski definition) is 2. The highest BCUT2D eigenvalue weighted by atomic mass is 16.2. The van der Waals surface area contributed by atoms with Crippen LogP contribution >= 0.6 is 0 Å². The summed E-state index contributed by atoms with van der Waals surface area (Å²) < 4.78 is 0. The van der Waals surface area contributed by atoms with E-state index in [1.165, 1.54) is 18.8 Å². The maximum Gasteiger partial charge on any atom is 0.225 e. The van der Waals surface area contributed by atoms with Gasteiger partial charge in [0, 0.05) is 38.6 Å². The van der Waals surface area contributed by atoms with Crippen LogP contribution in [0.5, 0.6) is 0 Å². The van der Waals surface area contributed by atoms with Gasteiger partial charge in [0.05, 0.1) is 0 Å². The van der Waals surface area contributed by atoms with Gasteiger partial charge in [-0.1, -0.05) is 26.7 Å². The Morgan fingerprint density at radius 1 is 1.06 bits per heavy atom. The number of carbonyl (C=O) groups is 1. The molecule has 1 heterocycles. The molecule has 2 rings (SSSR count). The summed E-state index contributed by atoms with van der Waals surface area (Å²) in [5, 5.41) is 0. The Hall–Kier alpha value is -0.570. The highest BCUT2D eigenvalue weighted by Crippen LogP contribution is 2.26. The van der Waals surface area contributed by atoms with E-state index in [1.807, 2.05) is 0 Å². The molecule has 0 N–H and O–H groups in total. The molecule has 1 aliphatic carbocycles. The second-order valence-corrected chi connectivity index (χ2v) is 5.79. The van der Waals surface area contributed by atoms with Crippen molar-refractivity contribution in [1.29, 1.82) is 0 Å². The topological polar surface area (TPSA) is 23.6 Å². The zero-order valence-corrected chi connectivity index (χ0v) is 11.2. The van der Waals surface area contributed by atoms with Gasteiger partial charge in [-0.05, 0) is 18.8 Å². The maximum absolute atomic E-state index is 12.2. The predicted molar refractivity (Wildman–Crippen MR) is 69.6 cm³/mol. The summed E-state index contributed by atoms with van der Waals surface area (Å²) in [5.74, 6) is 2.24. The summed E-state index contributed by atoms with van der Waals surface area (Å²) in [6.07, 6.45) is 4.75. The number of hydrogen-bond donors (Lipinski definition) is 0. The molecule has 0 unspecified atom stereocenters. The van der Waals surface area contributed by atoms with Crippen molar-refractivity contribution in [3.8, 4) is 0 Å². The molecule has 1 saturated heterocycles. The third-order valence-corrected chi connectivity index (χ3v) is 3.93. The summed E-state index contributed by atoms with van der Waals surface area (Å²) in [5.41, 5.74) is 0. The van der Waals surface area contributed by atoms with Crippen LogP contribution in [0.15, 0.2) is 0 Å². The standard InChI is InChI=1S/C14H25N2O/c1-12(2)11-15-7-9-16(10-8-15)14(17)13-5-3-4-6-13/h13H,3-11H2,1-2H3. The van der Waals surface area contributed by atoms with Gasteiger partial charge in [-0.15, -0.1) is 0 Å². The van der Waals surface area contributed by atoms with Crippen LogP contribution in [0.25, 0.3) is 0 Å². The van der Waals surface area contributed by atoms with Crippen LogP contribution in [0.4, 0.5) is 0 Å². The Morgan fingerprint density at radius 2 is 1.65 bits per heavy atom. The average molecular weight is 237 g/mol. The van der Waals surface area contributed by atoms with Crippen LogP contribution in [0.1, 0.15) is 39.5 Å². The minimum Gasteiger partial charge on any atom is -0.340 e. The van der Waals surface area contributed by atoms with E-state index in [9.17, 15) is 4.79 Å². The van der Waals surface area contributed by atoms with Crippen LogP contribution in [0.3, 0.4) is 0 Å². The van der Waals surface area contributed by atoms with E-state index < -0.39 is 0 Å². The van der Waals surface area contributed by atoms with E-state index in [4.69, 9.17) is 0 Å². The molecule has 3 nitrogen and oxygen atoms in total. The normalized spacial score (nSPS) is 23.6. The van der Waals surface area contributed by atoms with Crippen molar-refractivity contribution < 1.29 is 4.79 Å². The first-order valence-electron chi connectivity index (χ1n) is 6.97. The van der Waals surface area contributed by atoms with Crippen molar-refractivity contribution in [3.05, 3.63) is 5.92 Å². The maximum atomic E-state index is 12.2. The smallest absolute Gasteiger partial charge is 0.225 e. The Kier molecular flexibility index (Phi) is 4.43. The molecule has 97 valence electrons. The van der Waals surface area contributed by atoms with Gasteiger partial charge in [-0.25, -0.2) is 0 Å². The third kappa shape index (κ3) is 3.44. The lowest BCUT2D eigenvalue weighted by Gasteiger charge is -2.36. The predicted octanol–water partition coefficient (Wildman–Crippen LogP) is 1.94. The lowest BCUT2D eigenvalue weighted by atomic mass is 10.1. The number of amides is 1. The molecule has 0 atom stereocenters. The molecule has 0 spiro atoms. The Balaban J connectivity index is 1.76. The van der Waals surface area contributed by atoms with Crippen LogP contribution in [0.2, 0.25) is 0 Å². The fourth-order valence-electron chi connectivity index (χ4n) is 3.00. The van der Waals surface area contributed by atoms with Crippen molar-refractivity contribution in [2.45, 2.75) is 39.5 Å². The highest BCUT2D eigenvalue weighted by molar-refractivity contribution is 5.79. The largest absolute Gasteiger partial charge is 0.340 e. The summed E-state index contributed by atoms with van der Waals surface area (Å²) >= 11 is 0. The number of nitrogens with zero attached hydrogens (tertiary/aromatic N) is 2. The van der Waals surface area contributed by atoms with Gasteiger partial charge in [0.2, 0.25) is 5.91 Å². The van der Waals surface area contributed by atoms with Gasteiger partial charge < -0.3 is 4.90 Å². The quantitative estimate of drug-likeness (QED) is 0.749. The monoisotopic (exact) mass is 237 g/mol. The molecular weight excluding hydrogens is 212 g/mol. The molecule has 0 aromatic heterocycles. The van der Waals surface area contributed by atoms with Crippen LogP contribution < -0.4 is 0 Å². The Bertz CT molecular complexity index is 251. The molecule has 2 aliphatic rings. The minimum absolute atomic E-state index is 0.348. The SMILES string of the molecule is C[C](C)CN1CCN(C(=O)C2CCCC2)CC1. The molecule has 1 amide bonds. The summed E-state index contributed by atoms with van der Waals surface area (Å²) in [6.45, 7) is 9.40. The molecule has 0 bridgehead atoms. The van der Waals surface area contributed by atoms with E-state index >= 15 is 0 Å². The van der Waals surface area contributed by atoms with Crippen LogP contribution in [-0.2, 0) is 4.79 Å². The van der Waals surface area contributed by atoms with Crippen molar-refractivity contribution in [1.82, 2.24) is 9.80 Å². The summed E-state index contributed by atoms with van der Waals surface area (Å²) in [6, 6.07) is 0. The van der Waals surface area contributed by atoms with Crippen LogP contribution in [-0.4, -0.2) is 48.4 Å². The first-order valence-corrected chi connectivity index (χ1v) is 6.97. The molecule has 17 heavy (non-hydrogen) atoms. The lowest BCUT2D eigenvalue weighted by molar-refractivity contribution is -0.137. The summed E-state index contributed by atoms with van der Waals surface area (Å²) in [7, 11) is 0. The van der Waals surface area contributed by atoms with Crippen molar-refractivity contribution >= 4 is 5.91 Å². The molecule has 1 saturated carbocycles. The number of rotatable bonds is 3. The lowest BCUT2D eigenvalue weighted by Crippen LogP contribution is -2.50. The number of piperazine rings is 1. The first kappa shape index (κ1) is 12.9. The molecule has 0 aromatic rings. The molecule has 0 aromatic carbocycles. The first-order chi connectivity index (χ1) is 8.16. The van der Waals surface area contributed by atoms with Gasteiger partial charge in [-0.3, -0.25) is 9.69 Å². The minimum atomic E-state index is 0.348. The molecule has 1 aliphatic heterocycles. The third-order valence-electron chi connectivity index (χ3n) is 3.93. The second-order valence-electron chi connectivity index (χ2n) is 5.79. The summed E-state index contributed by atoms with van der Waals surface area (Å²) in [4.78, 5) is 16.8. The zero-order valence-electron chi connectivity index (χ0n) is 11.2. The molecule has 2 fully saturated rings. The van der Waals surface area contributed by atoms with E-state index in [0.717, 1.165) is 45.6 Å². The van der Waals surface area contributed by atoms with Gasteiger partial charge in [0.15, 0.2) is 0 Å². The van der Waals surface area contributed by atoms with E-state index in [1.54, 1.807) is 0 Å². The van der Waals surface area contributed by atoms with Crippen molar-refractivity contribution in [3.63, 3.8) is 0 Å². The van der Waals surface area contributed by atoms with Gasteiger partial charge >= 0.3 is 0 Å². The molecule has 3 heteroatoms. The fourth-order valence-corrected chi connectivity index (χ4v) is 3.00. The number of carbonyl (C=O) groups excluding carboxylic acids is 1. The van der Waals surface area contributed by atoms with E-state index in [2.05, 4.69) is 23.6 Å². The van der Waals surface area contributed by atoms with Gasteiger partial charge in [-0.2, -0.15) is 0 Å². The van der Waals surface area contributed by atoms with Crippen molar-refractivity contribution in [2.75, 3.05) is 32.7 Å².